The summed E-state index contributed by atoms with van der Waals surface area (Å²) in [5.41, 5.74) is 3.70. The fourth-order valence-corrected chi connectivity index (χ4v) is 4.29. The van der Waals surface area contributed by atoms with E-state index in [1.807, 2.05) is 60.7 Å². The van der Waals surface area contributed by atoms with Crippen molar-refractivity contribution in [3.8, 4) is 5.69 Å². The van der Waals surface area contributed by atoms with E-state index in [1.165, 1.54) is 4.68 Å². The Morgan fingerprint density at radius 2 is 1.65 bits per heavy atom. The Bertz CT molecular complexity index is 1450. The number of aromatic nitrogens is 2. The van der Waals surface area contributed by atoms with Gasteiger partial charge < -0.3 is 10.1 Å². The third-order valence-electron chi connectivity index (χ3n) is 6.21. The molecule has 0 fully saturated rings. The normalized spacial score (nSPS) is 14.9. The van der Waals surface area contributed by atoms with Crippen LogP contribution in [0.1, 0.15) is 43.6 Å². The van der Waals surface area contributed by atoms with Gasteiger partial charge in [0.1, 0.15) is 11.8 Å². The lowest BCUT2D eigenvalue weighted by atomic mass is 9.93. The number of ether oxygens (including phenoxy) is 1. The largest absolute Gasteiger partial charge is 0.454 e. The second-order valence-corrected chi connectivity index (χ2v) is 8.27. The zero-order valence-electron chi connectivity index (χ0n) is 18.8. The Labute approximate surface area is 196 Å². The molecule has 1 amide bonds. The van der Waals surface area contributed by atoms with Crippen LogP contribution in [-0.4, -0.2) is 21.2 Å². The Balaban J connectivity index is 1.44. The van der Waals surface area contributed by atoms with Crippen LogP contribution in [0.3, 0.4) is 0 Å². The van der Waals surface area contributed by atoms with E-state index in [0.29, 0.717) is 28.9 Å². The quantitative estimate of drug-likeness (QED) is 0.470. The van der Waals surface area contributed by atoms with Gasteiger partial charge in [-0.05, 0) is 48.4 Å². The third kappa shape index (κ3) is 3.71. The highest BCUT2D eigenvalue weighted by Gasteiger charge is 2.28. The molecule has 0 saturated heterocycles. The summed E-state index contributed by atoms with van der Waals surface area (Å²) in [6, 6.07) is 23.6. The molecule has 170 valence electrons. The monoisotopic (exact) mass is 453 g/mol. The second kappa shape index (κ2) is 8.51. The predicted molar refractivity (Wildman–Crippen MR) is 128 cm³/mol. The van der Waals surface area contributed by atoms with E-state index in [1.54, 1.807) is 36.9 Å². The Hall–Kier alpha value is -4.39. The molecule has 0 saturated carbocycles. The van der Waals surface area contributed by atoms with Crippen LogP contribution in [0.2, 0.25) is 0 Å². The number of nitrogens with zero attached hydrogens (tertiary/aromatic N) is 2. The summed E-state index contributed by atoms with van der Waals surface area (Å²) >= 11 is 0. The van der Waals surface area contributed by atoms with Crippen LogP contribution in [0.5, 0.6) is 0 Å². The summed E-state index contributed by atoms with van der Waals surface area (Å²) in [7, 11) is 1.77. The van der Waals surface area contributed by atoms with Gasteiger partial charge in [-0.25, -0.2) is 9.48 Å². The van der Waals surface area contributed by atoms with E-state index in [-0.39, 0.29) is 11.2 Å². The van der Waals surface area contributed by atoms with Crippen molar-refractivity contribution in [1.29, 1.82) is 0 Å². The molecule has 1 aliphatic heterocycles. The molecule has 1 unspecified atom stereocenters. The number of anilines is 1. The maximum atomic E-state index is 13.1. The van der Waals surface area contributed by atoms with Crippen molar-refractivity contribution in [2.45, 2.75) is 19.4 Å². The molecular formula is C27H23N3O4. The minimum Gasteiger partial charge on any atom is -0.454 e. The molecule has 3 aromatic carbocycles. The average Bonchev–Trinajstić information content (AvgIpc) is 3.07. The Morgan fingerprint density at radius 3 is 2.35 bits per heavy atom. The van der Waals surface area contributed by atoms with Gasteiger partial charge in [0.05, 0.1) is 16.9 Å². The molecule has 1 atom stereocenters. The number of carbonyl (C=O) groups is 2. The lowest BCUT2D eigenvalue weighted by Gasteiger charge is -2.25. The highest BCUT2D eigenvalue weighted by Crippen LogP contribution is 2.31. The number of fused-ring (bicyclic) bond motifs is 1. The van der Waals surface area contributed by atoms with E-state index in [4.69, 9.17) is 4.74 Å². The number of carbonyl (C=O) groups excluding carboxylic acids is 2. The number of hydrogen-bond donors (Lipinski definition) is 1. The highest BCUT2D eigenvalue weighted by molar-refractivity contribution is 6.05. The van der Waals surface area contributed by atoms with Crippen molar-refractivity contribution in [2.24, 2.45) is 7.05 Å². The van der Waals surface area contributed by atoms with Crippen LogP contribution < -0.4 is 10.9 Å². The molecule has 1 aromatic heterocycles. The van der Waals surface area contributed by atoms with Crippen molar-refractivity contribution in [2.75, 3.05) is 5.32 Å². The maximum Gasteiger partial charge on any atom is 0.339 e. The van der Waals surface area contributed by atoms with Gasteiger partial charge in [0.2, 0.25) is 0 Å². The zero-order valence-corrected chi connectivity index (χ0v) is 18.8. The lowest BCUT2D eigenvalue weighted by molar-refractivity contribution is 0.0252. The van der Waals surface area contributed by atoms with Crippen molar-refractivity contribution < 1.29 is 14.3 Å². The molecule has 5 rings (SSSR count). The van der Waals surface area contributed by atoms with Crippen LogP contribution in [-0.2, 0) is 18.2 Å². The first kappa shape index (κ1) is 21.5. The molecule has 1 N–H and O–H groups in total. The van der Waals surface area contributed by atoms with Gasteiger partial charge >= 0.3 is 5.97 Å². The molecule has 0 spiro atoms. The summed E-state index contributed by atoms with van der Waals surface area (Å²) in [6.07, 6.45) is 0.0613. The van der Waals surface area contributed by atoms with Gasteiger partial charge in [-0.1, -0.05) is 48.5 Å². The number of esters is 1. The van der Waals surface area contributed by atoms with Crippen LogP contribution in [0.25, 0.3) is 5.69 Å². The van der Waals surface area contributed by atoms with Gasteiger partial charge in [0.15, 0.2) is 0 Å². The number of nitrogens with one attached hydrogen (secondary N) is 1. The molecule has 4 aromatic rings. The van der Waals surface area contributed by atoms with Gasteiger partial charge in [0.25, 0.3) is 11.5 Å². The molecule has 7 heteroatoms. The summed E-state index contributed by atoms with van der Waals surface area (Å²) in [5, 5.41) is 2.78. The number of cyclic esters (lactones) is 1. The van der Waals surface area contributed by atoms with E-state index in [9.17, 15) is 14.4 Å². The first-order chi connectivity index (χ1) is 16.4. The first-order valence-corrected chi connectivity index (χ1v) is 11.0. The number of rotatable bonds is 4. The van der Waals surface area contributed by atoms with Gasteiger partial charge in [0, 0.05) is 19.0 Å². The van der Waals surface area contributed by atoms with E-state index < -0.39 is 18.0 Å². The van der Waals surface area contributed by atoms with Gasteiger partial charge in [-0.15, -0.1) is 0 Å². The van der Waals surface area contributed by atoms with Gasteiger partial charge in [-0.2, -0.15) is 0 Å². The minimum atomic E-state index is -0.413. The van der Waals surface area contributed by atoms with Crippen LogP contribution in [0.4, 0.5) is 5.69 Å². The third-order valence-corrected chi connectivity index (χ3v) is 6.21. The topological polar surface area (TPSA) is 82.3 Å². The fraction of sp³-hybridized carbons (Fsp3) is 0.148. The summed E-state index contributed by atoms with van der Waals surface area (Å²) in [4.78, 5) is 38.8. The number of para-hydroxylation sites is 1. The Morgan fingerprint density at radius 1 is 0.971 bits per heavy atom. The first-order valence-electron chi connectivity index (χ1n) is 11.0. The zero-order chi connectivity index (χ0) is 23.8. The van der Waals surface area contributed by atoms with Gasteiger partial charge in [-0.3, -0.25) is 14.3 Å². The molecular weight excluding hydrogens is 430 g/mol. The SMILES string of the molecule is Cc1c(NC(=O)c2ccc3c(c2)CC(c2ccccc2)OC3=O)c(=O)n(-c2ccccc2)n1C. The molecule has 0 radical (unpaired) electrons. The fourth-order valence-electron chi connectivity index (χ4n) is 4.29. The van der Waals surface area contributed by atoms with Crippen LogP contribution in [0, 0.1) is 6.92 Å². The number of amides is 1. The second-order valence-electron chi connectivity index (χ2n) is 8.27. The smallest absolute Gasteiger partial charge is 0.339 e. The molecule has 0 aliphatic carbocycles. The van der Waals surface area contributed by atoms with Crippen molar-refractivity contribution in [1.82, 2.24) is 9.36 Å². The van der Waals surface area contributed by atoms with Crippen molar-refractivity contribution in [3.05, 3.63) is 117 Å². The summed E-state index contributed by atoms with van der Waals surface area (Å²) < 4.78 is 8.82. The van der Waals surface area contributed by atoms with Crippen LogP contribution >= 0.6 is 0 Å². The standard InChI is InChI=1S/C27H23N3O4/c1-17-24(26(32)30(29(17)2)21-11-7-4-8-12-21)28-25(31)19-13-14-22-20(15-19)16-23(34-27(22)33)18-9-5-3-6-10-18/h3-15,23H,16H2,1-2H3,(H,28,31). The number of hydrogen-bond acceptors (Lipinski definition) is 4. The molecule has 1 aliphatic rings. The number of benzene rings is 3. The van der Waals surface area contributed by atoms with E-state index >= 15 is 0 Å². The summed E-state index contributed by atoms with van der Waals surface area (Å²) in [6.45, 7) is 1.78. The van der Waals surface area contributed by atoms with Crippen molar-refractivity contribution >= 4 is 17.6 Å². The van der Waals surface area contributed by atoms with Crippen molar-refractivity contribution in [3.63, 3.8) is 0 Å². The average molecular weight is 453 g/mol. The summed E-state index contributed by atoms with van der Waals surface area (Å²) in [5.74, 6) is -0.823. The molecule has 0 bridgehead atoms. The van der Waals surface area contributed by atoms with Crippen LogP contribution in [0.15, 0.2) is 83.7 Å². The molecule has 34 heavy (non-hydrogen) atoms. The minimum absolute atomic E-state index is 0.218. The Kier molecular flexibility index (Phi) is 5.37. The lowest BCUT2D eigenvalue weighted by Crippen LogP contribution is -2.24. The molecule has 7 nitrogen and oxygen atoms in total. The highest BCUT2D eigenvalue weighted by atomic mass is 16.5. The van der Waals surface area contributed by atoms with E-state index in [2.05, 4.69) is 5.32 Å². The maximum absolute atomic E-state index is 13.1. The molecule has 2 heterocycles. The predicted octanol–water partition coefficient (Wildman–Crippen LogP) is 4.19. The van der Waals surface area contributed by atoms with E-state index in [0.717, 1.165) is 11.1 Å².